The highest BCUT2D eigenvalue weighted by atomic mass is 19.1. The minimum atomic E-state index is -0.365. The first-order valence-corrected chi connectivity index (χ1v) is 6.66. The number of carbonyl (C=O) groups excluding carboxylic acids is 2. The van der Waals surface area contributed by atoms with Crippen LogP contribution in [0.1, 0.15) is 36.1 Å². The largest absolute Gasteiger partial charge is 0.468 e. The molecule has 1 amide bonds. The van der Waals surface area contributed by atoms with E-state index in [1.165, 1.54) is 13.0 Å². The van der Waals surface area contributed by atoms with Crippen molar-refractivity contribution in [3.8, 4) is 0 Å². The molecule has 0 radical (unpaired) electrons. The summed E-state index contributed by atoms with van der Waals surface area (Å²) in [5.41, 5.74) is 2.57. The van der Waals surface area contributed by atoms with Crippen LogP contribution in [-0.4, -0.2) is 30.4 Å². The molecule has 1 unspecified atom stereocenters. The Kier molecular flexibility index (Phi) is 4.37. The van der Waals surface area contributed by atoms with Gasteiger partial charge in [0.1, 0.15) is 5.82 Å². The van der Waals surface area contributed by atoms with Crippen molar-refractivity contribution in [2.75, 3.05) is 13.2 Å². The van der Waals surface area contributed by atoms with E-state index in [0.29, 0.717) is 31.4 Å². The van der Waals surface area contributed by atoms with E-state index in [1.807, 2.05) is 6.92 Å². The summed E-state index contributed by atoms with van der Waals surface area (Å²) in [6.07, 6.45) is 1.06. The van der Waals surface area contributed by atoms with Crippen LogP contribution in [0.5, 0.6) is 0 Å². The third kappa shape index (κ3) is 2.66. The quantitative estimate of drug-likeness (QED) is 0.626. The molecule has 0 aromatic heterocycles. The molecule has 2 rings (SSSR count). The molecular weight excluding hydrogens is 261 g/mol. The third-order valence-electron chi connectivity index (χ3n) is 3.83. The Morgan fingerprint density at radius 1 is 1.55 bits per heavy atom. The number of benzene rings is 1. The molecule has 1 heterocycles. The van der Waals surface area contributed by atoms with Gasteiger partial charge in [0, 0.05) is 25.5 Å². The highest BCUT2D eigenvalue weighted by Gasteiger charge is 2.32. The summed E-state index contributed by atoms with van der Waals surface area (Å²) in [4.78, 5) is 23.6. The van der Waals surface area contributed by atoms with Gasteiger partial charge in [-0.25, -0.2) is 4.39 Å². The number of aryl methyl sites for hydroxylation is 1. The Balaban J connectivity index is 2.39. The SMILES string of the molecule is CC(=O)N1CCc2c(C)ccc(F)c2C1CCOC=O. The molecule has 0 spiro atoms. The summed E-state index contributed by atoms with van der Waals surface area (Å²) in [7, 11) is 0. The molecule has 0 saturated heterocycles. The van der Waals surface area contributed by atoms with Gasteiger partial charge in [0.2, 0.25) is 5.91 Å². The van der Waals surface area contributed by atoms with Gasteiger partial charge < -0.3 is 9.64 Å². The number of amides is 1. The highest BCUT2D eigenvalue weighted by Crippen LogP contribution is 2.35. The van der Waals surface area contributed by atoms with Crippen LogP contribution in [0.4, 0.5) is 4.39 Å². The number of nitrogens with zero attached hydrogens (tertiary/aromatic N) is 1. The maximum Gasteiger partial charge on any atom is 0.293 e. The fourth-order valence-corrected chi connectivity index (χ4v) is 2.89. The van der Waals surface area contributed by atoms with Crippen molar-refractivity contribution in [1.82, 2.24) is 4.90 Å². The van der Waals surface area contributed by atoms with Crippen LogP contribution in [0.2, 0.25) is 0 Å². The van der Waals surface area contributed by atoms with E-state index >= 15 is 0 Å². The van der Waals surface area contributed by atoms with Gasteiger partial charge in [0.25, 0.3) is 6.47 Å². The first-order chi connectivity index (χ1) is 9.56. The predicted octanol–water partition coefficient (Wildman–Crippen LogP) is 2.14. The molecular formula is C15H18FNO3. The number of halogens is 1. The van der Waals surface area contributed by atoms with Crippen molar-refractivity contribution in [1.29, 1.82) is 0 Å². The fraction of sp³-hybridized carbons (Fsp3) is 0.467. The normalized spacial score (nSPS) is 17.6. The van der Waals surface area contributed by atoms with Crippen molar-refractivity contribution in [3.63, 3.8) is 0 Å². The van der Waals surface area contributed by atoms with Crippen molar-refractivity contribution < 1.29 is 18.7 Å². The third-order valence-corrected chi connectivity index (χ3v) is 3.83. The summed E-state index contributed by atoms with van der Waals surface area (Å²) in [5, 5.41) is 0. The van der Waals surface area contributed by atoms with Crippen LogP contribution >= 0.6 is 0 Å². The number of ether oxygens (including phenoxy) is 1. The van der Waals surface area contributed by atoms with Crippen molar-refractivity contribution in [2.24, 2.45) is 0 Å². The second-order valence-corrected chi connectivity index (χ2v) is 4.99. The van der Waals surface area contributed by atoms with Gasteiger partial charge in [0.05, 0.1) is 12.6 Å². The van der Waals surface area contributed by atoms with E-state index in [1.54, 1.807) is 11.0 Å². The van der Waals surface area contributed by atoms with Gasteiger partial charge >= 0.3 is 0 Å². The maximum absolute atomic E-state index is 14.2. The zero-order valence-electron chi connectivity index (χ0n) is 11.7. The zero-order valence-corrected chi connectivity index (χ0v) is 11.7. The topological polar surface area (TPSA) is 46.6 Å². The summed E-state index contributed by atoms with van der Waals surface area (Å²) in [6.45, 7) is 4.53. The minimum absolute atomic E-state index is 0.0901. The van der Waals surface area contributed by atoms with Crippen molar-refractivity contribution in [3.05, 3.63) is 34.6 Å². The molecule has 0 saturated carbocycles. The predicted molar refractivity (Wildman–Crippen MR) is 71.6 cm³/mol. The number of carbonyl (C=O) groups is 2. The molecule has 0 fully saturated rings. The van der Waals surface area contributed by atoms with E-state index in [0.717, 1.165) is 11.1 Å². The van der Waals surface area contributed by atoms with Crippen molar-refractivity contribution >= 4 is 12.4 Å². The maximum atomic E-state index is 14.2. The van der Waals surface area contributed by atoms with Crippen LogP contribution in [0.3, 0.4) is 0 Å². The molecule has 0 N–H and O–H groups in total. The number of hydrogen-bond acceptors (Lipinski definition) is 3. The lowest BCUT2D eigenvalue weighted by molar-refractivity contribution is -0.133. The first kappa shape index (κ1) is 14.5. The number of fused-ring (bicyclic) bond motifs is 1. The molecule has 4 nitrogen and oxygen atoms in total. The van der Waals surface area contributed by atoms with Crippen LogP contribution in [0.25, 0.3) is 0 Å². The van der Waals surface area contributed by atoms with Gasteiger partial charge in [-0.3, -0.25) is 9.59 Å². The smallest absolute Gasteiger partial charge is 0.293 e. The molecule has 5 heteroatoms. The average Bonchev–Trinajstić information content (AvgIpc) is 2.42. The lowest BCUT2D eigenvalue weighted by atomic mass is 9.87. The minimum Gasteiger partial charge on any atom is -0.468 e. The number of hydrogen-bond donors (Lipinski definition) is 0. The standard InChI is InChI=1S/C15H18FNO3/c1-10-3-4-13(16)15-12(10)5-7-17(11(2)19)14(15)6-8-20-9-18/h3-4,9,14H,5-8H2,1-2H3. The average molecular weight is 279 g/mol. The molecule has 0 bridgehead atoms. The molecule has 20 heavy (non-hydrogen) atoms. The van der Waals surface area contributed by atoms with E-state index in [-0.39, 0.29) is 24.4 Å². The Labute approximate surface area is 117 Å². The number of rotatable bonds is 4. The van der Waals surface area contributed by atoms with Gasteiger partial charge in [0.15, 0.2) is 0 Å². The second kappa shape index (κ2) is 6.03. The Bertz CT molecular complexity index is 530. The Hall–Kier alpha value is -1.91. The van der Waals surface area contributed by atoms with E-state index in [2.05, 4.69) is 0 Å². The van der Waals surface area contributed by atoms with Crippen LogP contribution < -0.4 is 0 Å². The van der Waals surface area contributed by atoms with Crippen LogP contribution in [-0.2, 0) is 20.7 Å². The monoisotopic (exact) mass is 279 g/mol. The Morgan fingerprint density at radius 3 is 2.95 bits per heavy atom. The molecule has 1 aromatic carbocycles. The van der Waals surface area contributed by atoms with E-state index < -0.39 is 0 Å². The lowest BCUT2D eigenvalue weighted by Gasteiger charge is -2.37. The summed E-state index contributed by atoms with van der Waals surface area (Å²) >= 11 is 0. The van der Waals surface area contributed by atoms with Crippen LogP contribution in [0, 0.1) is 12.7 Å². The van der Waals surface area contributed by atoms with E-state index in [4.69, 9.17) is 4.74 Å². The molecule has 0 aliphatic carbocycles. The van der Waals surface area contributed by atoms with Crippen LogP contribution in [0.15, 0.2) is 12.1 Å². The molecule has 1 aliphatic heterocycles. The fourth-order valence-electron chi connectivity index (χ4n) is 2.89. The second-order valence-electron chi connectivity index (χ2n) is 4.99. The summed E-state index contributed by atoms with van der Waals surface area (Å²) in [6, 6.07) is 2.83. The van der Waals surface area contributed by atoms with Gasteiger partial charge in [-0.15, -0.1) is 0 Å². The molecule has 108 valence electrons. The summed E-state index contributed by atoms with van der Waals surface area (Å²) in [5.74, 6) is -0.389. The van der Waals surface area contributed by atoms with Gasteiger partial charge in [-0.1, -0.05) is 6.07 Å². The molecule has 1 atom stereocenters. The Morgan fingerprint density at radius 2 is 2.30 bits per heavy atom. The van der Waals surface area contributed by atoms with Gasteiger partial charge in [-0.2, -0.15) is 0 Å². The highest BCUT2D eigenvalue weighted by molar-refractivity contribution is 5.74. The first-order valence-electron chi connectivity index (χ1n) is 6.66. The van der Waals surface area contributed by atoms with E-state index in [9.17, 15) is 14.0 Å². The molecule has 1 aromatic rings. The summed E-state index contributed by atoms with van der Waals surface area (Å²) < 4.78 is 18.9. The molecule has 1 aliphatic rings. The van der Waals surface area contributed by atoms with Crippen molar-refractivity contribution in [2.45, 2.75) is 32.7 Å². The lowest BCUT2D eigenvalue weighted by Crippen LogP contribution is -2.40. The van der Waals surface area contributed by atoms with Gasteiger partial charge in [-0.05, 0) is 30.5 Å². The zero-order chi connectivity index (χ0) is 14.7.